The van der Waals surface area contributed by atoms with E-state index < -0.39 is 11.7 Å². The third-order valence-electron chi connectivity index (χ3n) is 4.29. The summed E-state index contributed by atoms with van der Waals surface area (Å²) in [6.07, 6.45) is 1.36. The summed E-state index contributed by atoms with van der Waals surface area (Å²) >= 11 is 18.1. The van der Waals surface area contributed by atoms with Crippen LogP contribution in [0.3, 0.4) is 0 Å². The lowest BCUT2D eigenvalue weighted by Gasteiger charge is -2.34. The number of carbonyl (C=O) groups excluding carboxylic acids is 1. The van der Waals surface area contributed by atoms with E-state index in [1.807, 2.05) is 12.1 Å². The zero-order valence-electron chi connectivity index (χ0n) is 13.6. The molecule has 2 aromatic carbocycles. The van der Waals surface area contributed by atoms with Gasteiger partial charge in [-0.25, -0.2) is 4.39 Å². The first-order valence-electron chi connectivity index (χ1n) is 8.00. The molecule has 1 heterocycles. The number of rotatable bonds is 4. The fourth-order valence-corrected chi connectivity index (χ4v) is 3.40. The van der Waals surface area contributed by atoms with Gasteiger partial charge in [-0.1, -0.05) is 34.8 Å². The van der Waals surface area contributed by atoms with Crippen molar-refractivity contribution in [2.45, 2.75) is 18.9 Å². The van der Waals surface area contributed by atoms with Gasteiger partial charge in [0.05, 0.1) is 20.6 Å². The molecule has 26 heavy (non-hydrogen) atoms. The third-order valence-corrected chi connectivity index (χ3v) is 5.33. The number of amides is 1. The van der Waals surface area contributed by atoms with E-state index in [1.54, 1.807) is 6.07 Å². The van der Waals surface area contributed by atoms with Crippen LogP contribution in [0.25, 0.3) is 0 Å². The lowest BCUT2D eigenvalue weighted by Crippen LogP contribution is -2.38. The van der Waals surface area contributed by atoms with Crippen LogP contribution < -0.4 is 15.4 Å². The van der Waals surface area contributed by atoms with Crippen LogP contribution in [0.4, 0.5) is 10.1 Å². The summed E-state index contributed by atoms with van der Waals surface area (Å²) in [6.45, 7) is 1.50. The second-order valence-corrected chi connectivity index (χ2v) is 7.25. The number of primary amides is 1. The molecule has 0 radical (unpaired) electrons. The monoisotopic (exact) mass is 416 g/mol. The summed E-state index contributed by atoms with van der Waals surface area (Å²) in [6, 6.07) is 7.82. The van der Waals surface area contributed by atoms with Crippen LogP contribution >= 0.6 is 34.8 Å². The molecule has 1 aliphatic rings. The van der Waals surface area contributed by atoms with Gasteiger partial charge in [0.15, 0.2) is 0 Å². The molecule has 0 bridgehead atoms. The van der Waals surface area contributed by atoms with Crippen molar-refractivity contribution in [2.24, 2.45) is 5.73 Å². The molecule has 1 amide bonds. The van der Waals surface area contributed by atoms with Crippen LogP contribution in [0.15, 0.2) is 30.3 Å². The van der Waals surface area contributed by atoms with E-state index in [2.05, 4.69) is 4.90 Å². The molecule has 3 rings (SSSR count). The van der Waals surface area contributed by atoms with Crippen LogP contribution in [-0.4, -0.2) is 25.1 Å². The second-order valence-electron chi connectivity index (χ2n) is 6.03. The van der Waals surface area contributed by atoms with Gasteiger partial charge in [0.2, 0.25) is 0 Å². The first-order chi connectivity index (χ1) is 12.3. The Morgan fingerprint density at radius 1 is 1.08 bits per heavy atom. The van der Waals surface area contributed by atoms with Gasteiger partial charge in [-0.3, -0.25) is 4.79 Å². The Bertz CT molecular complexity index is 839. The van der Waals surface area contributed by atoms with Crippen LogP contribution in [-0.2, 0) is 0 Å². The molecule has 0 aliphatic carbocycles. The minimum absolute atomic E-state index is 0.106. The predicted molar refractivity (Wildman–Crippen MR) is 102 cm³/mol. The van der Waals surface area contributed by atoms with Crippen LogP contribution in [0.2, 0.25) is 15.1 Å². The molecule has 0 saturated carbocycles. The zero-order valence-corrected chi connectivity index (χ0v) is 15.9. The number of carbonyl (C=O) groups is 1. The molecule has 1 fully saturated rings. The Balaban J connectivity index is 1.65. The SMILES string of the molecule is NC(=O)c1cc(Cl)c(OC2CCN(c3ccc(Cl)c(Cl)c3)CC2)cc1F. The molecule has 4 nitrogen and oxygen atoms in total. The van der Waals surface area contributed by atoms with Gasteiger partial charge in [-0.2, -0.15) is 0 Å². The standard InChI is InChI=1S/C18H16Cl3FN2O2/c19-13-2-1-10(7-14(13)20)24-5-3-11(4-6-24)26-17-9-16(22)12(18(23)25)8-15(17)21/h1-2,7-9,11H,3-6H2,(H2,23,25). The number of halogens is 4. The number of benzene rings is 2. The lowest BCUT2D eigenvalue weighted by molar-refractivity contribution is 0.0996. The summed E-state index contributed by atoms with van der Waals surface area (Å²) in [5, 5.41) is 1.19. The Kier molecular flexibility index (Phi) is 5.80. The molecule has 2 N–H and O–H groups in total. The molecule has 0 aromatic heterocycles. The van der Waals surface area contributed by atoms with Gasteiger partial charge in [-0.05, 0) is 24.3 Å². The third kappa shape index (κ3) is 4.17. The predicted octanol–water partition coefficient (Wildman–Crippen LogP) is 4.93. The van der Waals surface area contributed by atoms with Crippen LogP contribution in [0.1, 0.15) is 23.2 Å². The normalized spacial score (nSPS) is 15.2. The Hall–Kier alpha value is -1.69. The number of hydrogen-bond acceptors (Lipinski definition) is 3. The van der Waals surface area contributed by atoms with E-state index in [0.717, 1.165) is 37.7 Å². The molecule has 138 valence electrons. The van der Waals surface area contributed by atoms with E-state index >= 15 is 0 Å². The van der Waals surface area contributed by atoms with Gasteiger partial charge in [0.25, 0.3) is 5.91 Å². The van der Waals surface area contributed by atoms with Crippen molar-refractivity contribution in [1.29, 1.82) is 0 Å². The molecule has 0 atom stereocenters. The van der Waals surface area contributed by atoms with E-state index in [0.29, 0.717) is 10.0 Å². The maximum atomic E-state index is 13.9. The maximum absolute atomic E-state index is 13.9. The summed E-state index contributed by atoms with van der Waals surface area (Å²) in [7, 11) is 0. The number of nitrogens with zero attached hydrogens (tertiary/aromatic N) is 1. The molecule has 8 heteroatoms. The van der Waals surface area contributed by atoms with Crippen molar-refractivity contribution in [3.63, 3.8) is 0 Å². The maximum Gasteiger partial charge on any atom is 0.251 e. The average Bonchev–Trinajstić information content (AvgIpc) is 2.60. The highest BCUT2D eigenvalue weighted by Crippen LogP contribution is 2.32. The lowest BCUT2D eigenvalue weighted by atomic mass is 10.1. The number of anilines is 1. The Labute approximate surface area is 165 Å². The first kappa shape index (κ1) is 19.1. The topological polar surface area (TPSA) is 55.6 Å². The summed E-state index contributed by atoms with van der Waals surface area (Å²) < 4.78 is 19.7. The number of nitrogens with two attached hydrogens (primary N) is 1. The fourth-order valence-electron chi connectivity index (χ4n) is 2.90. The summed E-state index contributed by atoms with van der Waals surface area (Å²) in [5.74, 6) is -1.40. The number of piperidine rings is 1. The molecular formula is C18H16Cl3FN2O2. The van der Waals surface area contributed by atoms with Crippen molar-refractivity contribution >= 4 is 46.4 Å². The van der Waals surface area contributed by atoms with Crippen LogP contribution in [0, 0.1) is 5.82 Å². The van der Waals surface area contributed by atoms with Gasteiger partial charge >= 0.3 is 0 Å². The highest BCUT2D eigenvalue weighted by atomic mass is 35.5. The largest absolute Gasteiger partial charge is 0.489 e. The van der Waals surface area contributed by atoms with E-state index in [9.17, 15) is 9.18 Å². The average molecular weight is 418 g/mol. The van der Waals surface area contributed by atoms with Crippen molar-refractivity contribution < 1.29 is 13.9 Å². The van der Waals surface area contributed by atoms with Gasteiger partial charge in [0, 0.05) is 37.7 Å². The minimum atomic E-state index is -0.870. The molecule has 0 unspecified atom stereocenters. The van der Waals surface area contributed by atoms with E-state index in [-0.39, 0.29) is 22.4 Å². The molecule has 1 aliphatic heterocycles. The van der Waals surface area contributed by atoms with Gasteiger partial charge < -0.3 is 15.4 Å². The molecule has 0 spiro atoms. The van der Waals surface area contributed by atoms with Crippen molar-refractivity contribution in [3.05, 3.63) is 56.8 Å². The quantitative estimate of drug-likeness (QED) is 0.767. The molecule has 2 aromatic rings. The van der Waals surface area contributed by atoms with Gasteiger partial charge in [-0.15, -0.1) is 0 Å². The molecular weight excluding hydrogens is 402 g/mol. The zero-order chi connectivity index (χ0) is 18.8. The smallest absolute Gasteiger partial charge is 0.251 e. The Morgan fingerprint density at radius 3 is 2.38 bits per heavy atom. The fraction of sp³-hybridized carbons (Fsp3) is 0.278. The van der Waals surface area contributed by atoms with Crippen molar-refractivity contribution in [2.75, 3.05) is 18.0 Å². The minimum Gasteiger partial charge on any atom is -0.489 e. The number of hydrogen-bond donors (Lipinski definition) is 1. The van der Waals surface area contributed by atoms with Gasteiger partial charge in [0.1, 0.15) is 17.7 Å². The van der Waals surface area contributed by atoms with Crippen LogP contribution in [0.5, 0.6) is 5.75 Å². The second kappa shape index (κ2) is 7.91. The molecule has 1 saturated heterocycles. The first-order valence-corrected chi connectivity index (χ1v) is 9.14. The summed E-state index contributed by atoms with van der Waals surface area (Å²) in [4.78, 5) is 13.3. The van der Waals surface area contributed by atoms with E-state index in [4.69, 9.17) is 45.3 Å². The van der Waals surface area contributed by atoms with E-state index in [1.165, 1.54) is 6.07 Å². The summed E-state index contributed by atoms with van der Waals surface area (Å²) in [5.41, 5.74) is 5.85. The Morgan fingerprint density at radius 2 is 1.77 bits per heavy atom. The van der Waals surface area contributed by atoms with Crippen molar-refractivity contribution in [3.8, 4) is 5.75 Å². The van der Waals surface area contributed by atoms with Crippen molar-refractivity contribution in [1.82, 2.24) is 0 Å². The highest BCUT2D eigenvalue weighted by molar-refractivity contribution is 6.42. The number of ether oxygens (including phenoxy) is 1. The highest BCUT2D eigenvalue weighted by Gasteiger charge is 2.23.